The van der Waals surface area contributed by atoms with Crippen molar-refractivity contribution in [1.29, 1.82) is 0 Å². The zero-order chi connectivity index (χ0) is 13.3. The molecule has 1 aromatic carbocycles. The fourth-order valence-corrected chi connectivity index (χ4v) is 2.14. The van der Waals surface area contributed by atoms with Gasteiger partial charge in [0.05, 0.1) is 16.4 Å². The lowest BCUT2D eigenvalue weighted by atomic mass is 10.1. The number of benzene rings is 1. The molecule has 1 aromatic heterocycles. The molecule has 1 atom stereocenters. The van der Waals surface area contributed by atoms with E-state index in [9.17, 15) is 0 Å². The lowest BCUT2D eigenvalue weighted by Gasteiger charge is -2.09. The minimum atomic E-state index is 0.0924. The van der Waals surface area contributed by atoms with Gasteiger partial charge in [-0.2, -0.15) is 5.10 Å². The van der Waals surface area contributed by atoms with Crippen LogP contribution in [0.4, 0.5) is 0 Å². The standard InChI is InChI=1S/C13H15Cl2N3/c1-8(16)5-10-3-4-11(6-12(10)14)18-7-13(15)9(2)17-18/h3-4,6-8H,5,16H2,1-2H3. The number of hydrogen-bond acceptors (Lipinski definition) is 2. The lowest BCUT2D eigenvalue weighted by molar-refractivity contribution is 0.737. The Labute approximate surface area is 117 Å². The van der Waals surface area contributed by atoms with Crippen LogP contribution in [0, 0.1) is 6.92 Å². The fourth-order valence-electron chi connectivity index (χ4n) is 1.76. The maximum Gasteiger partial charge on any atom is 0.0819 e. The summed E-state index contributed by atoms with van der Waals surface area (Å²) in [6, 6.07) is 5.91. The summed E-state index contributed by atoms with van der Waals surface area (Å²) in [5, 5.41) is 5.66. The SMILES string of the molecule is Cc1nn(-c2ccc(CC(C)N)c(Cl)c2)cc1Cl. The number of nitrogens with two attached hydrogens (primary N) is 1. The number of aromatic nitrogens is 2. The highest BCUT2D eigenvalue weighted by Gasteiger charge is 2.08. The molecule has 2 rings (SSSR count). The van der Waals surface area contributed by atoms with Gasteiger partial charge in [0.25, 0.3) is 0 Å². The summed E-state index contributed by atoms with van der Waals surface area (Å²) in [6.07, 6.45) is 2.53. The fraction of sp³-hybridized carbons (Fsp3) is 0.308. The monoisotopic (exact) mass is 283 g/mol. The van der Waals surface area contributed by atoms with Crippen LogP contribution in [0.15, 0.2) is 24.4 Å². The van der Waals surface area contributed by atoms with Crippen LogP contribution in [0.2, 0.25) is 10.0 Å². The van der Waals surface area contributed by atoms with Crippen molar-refractivity contribution in [1.82, 2.24) is 9.78 Å². The molecule has 0 saturated heterocycles. The third-order valence-electron chi connectivity index (χ3n) is 2.68. The first-order chi connectivity index (χ1) is 8.47. The first kappa shape index (κ1) is 13.4. The molecule has 0 spiro atoms. The zero-order valence-corrected chi connectivity index (χ0v) is 11.8. The van der Waals surface area contributed by atoms with Gasteiger partial charge in [0.1, 0.15) is 0 Å². The minimum Gasteiger partial charge on any atom is -0.328 e. The van der Waals surface area contributed by atoms with Crippen molar-refractivity contribution in [3.05, 3.63) is 45.7 Å². The largest absolute Gasteiger partial charge is 0.328 e. The first-order valence-electron chi connectivity index (χ1n) is 5.73. The van der Waals surface area contributed by atoms with Crippen molar-refractivity contribution in [3.63, 3.8) is 0 Å². The van der Waals surface area contributed by atoms with Gasteiger partial charge in [0, 0.05) is 17.3 Å². The van der Waals surface area contributed by atoms with E-state index in [1.165, 1.54) is 0 Å². The van der Waals surface area contributed by atoms with Crippen LogP contribution in [0.5, 0.6) is 0 Å². The van der Waals surface area contributed by atoms with Crippen LogP contribution < -0.4 is 5.73 Å². The van der Waals surface area contributed by atoms with E-state index >= 15 is 0 Å². The molecule has 5 heteroatoms. The van der Waals surface area contributed by atoms with Gasteiger partial charge in [-0.05, 0) is 38.0 Å². The molecule has 0 radical (unpaired) electrons. The van der Waals surface area contributed by atoms with Gasteiger partial charge in [-0.3, -0.25) is 0 Å². The minimum absolute atomic E-state index is 0.0924. The van der Waals surface area contributed by atoms with Crippen LogP contribution in [-0.4, -0.2) is 15.8 Å². The highest BCUT2D eigenvalue weighted by atomic mass is 35.5. The topological polar surface area (TPSA) is 43.8 Å². The summed E-state index contributed by atoms with van der Waals surface area (Å²) in [6.45, 7) is 3.83. The molecule has 3 nitrogen and oxygen atoms in total. The van der Waals surface area contributed by atoms with Gasteiger partial charge in [0.2, 0.25) is 0 Å². The Balaban J connectivity index is 2.33. The molecule has 96 valence electrons. The molecule has 18 heavy (non-hydrogen) atoms. The average Bonchev–Trinajstić information content (AvgIpc) is 2.62. The van der Waals surface area contributed by atoms with Crippen molar-refractivity contribution in [3.8, 4) is 5.69 Å². The summed E-state index contributed by atoms with van der Waals surface area (Å²) in [7, 11) is 0. The zero-order valence-electron chi connectivity index (χ0n) is 10.3. The summed E-state index contributed by atoms with van der Waals surface area (Å²) < 4.78 is 1.72. The Morgan fingerprint density at radius 3 is 2.56 bits per heavy atom. The van der Waals surface area contributed by atoms with E-state index in [0.29, 0.717) is 10.0 Å². The highest BCUT2D eigenvalue weighted by Crippen LogP contribution is 2.23. The summed E-state index contributed by atoms with van der Waals surface area (Å²) >= 11 is 12.2. The first-order valence-corrected chi connectivity index (χ1v) is 6.49. The van der Waals surface area contributed by atoms with E-state index in [-0.39, 0.29) is 6.04 Å². The molecule has 2 N–H and O–H groups in total. The highest BCUT2D eigenvalue weighted by molar-refractivity contribution is 6.31. The van der Waals surface area contributed by atoms with Crippen molar-refractivity contribution in [2.45, 2.75) is 26.3 Å². The number of halogens is 2. The molecular formula is C13H15Cl2N3. The van der Waals surface area contributed by atoms with Gasteiger partial charge >= 0.3 is 0 Å². The Bertz CT molecular complexity index is 542. The number of hydrogen-bond donors (Lipinski definition) is 1. The van der Waals surface area contributed by atoms with Gasteiger partial charge in [0.15, 0.2) is 0 Å². The van der Waals surface area contributed by atoms with Gasteiger partial charge in [-0.15, -0.1) is 0 Å². The molecule has 0 fully saturated rings. The molecule has 0 aliphatic carbocycles. The predicted molar refractivity (Wildman–Crippen MR) is 75.7 cm³/mol. The van der Waals surface area contributed by atoms with Gasteiger partial charge in [-0.1, -0.05) is 29.3 Å². The third kappa shape index (κ3) is 2.86. The molecule has 2 aromatic rings. The van der Waals surface area contributed by atoms with E-state index in [2.05, 4.69) is 5.10 Å². The Hall–Kier alpha value is -1.03. The van der Waals surface area contributed by atoms with Gasteiger partial charge in [-0.25, -0.2) is 4.68 Å². The van der Waals surface area contributed by atoms with E-state index in [1.807, 2.05) is 32.0 Å². The smallest absolute Gasteiger partial charge is 0.0819 e. The Morgan fingerprint density at radius 2 is 2.06 bits per heavy atom. The van der Waals surface area contributed by atoms with Crippen LogP contribution >= 0.6 is 23.2 Å². The van der Waals surface area contributed by atoms with Crippen LogP contribution in [0.1, 0.15) is 18.2 Å². The van der Waals surface area contributed by atoms with Crippen molar-refractivity contribution in [2.24, 2.45) is 5.73 Å². The average molecular weight is 284 g/mol. The van der Waals surface area contributed by atoms with Crippen molar-refractivity contribution >= 4 is 23.2 Å². The number of rotatable bonds is 3. The molecule has 0 amide bonds. The molecule has 0 aliphatic heterocycles. The van der Waals surface area contributed by atoms with E-state index in [4.69, 9.17) is 28.9 Å². The summed E-state index contributed by atoms with van der Waals surface area (Å²) in [4.78, 5) is 0. The second-order valence-corrected chi connectivity index (χ2v) is 5.28. The van der Waals surface area contributed by atoms with Crippen LogP contribution in [0.3, 0.4) is 0 Å². The van der Waals surface area contributed by atoms with E-state index in [0.717, 1.165) is 23.4 Å². The lowest BCUT2D eigenvalue weighted by Crippen LogP contribution is -2.18. The van der Waals surface area contributed by atoms with Gasteiger partial charge < -0.3 is 5.73 Å². The second kappa shape index (κ2) is 5.31. The Morgan fingerprint density at radius 1 is 1.33 bits per heavy atom. The molecule has 0 saturated carbocycles. The molecule has 0 aliphatic rings. The number of aryl methyl sites for hydroxylation is 1. The number of nitrogens with zero attached hydrogens (tertiary/aromatic N) is 2. The van der Waals surface area contributed by atoms with Crippen LogP contribution in [0.25, 0.3) is 5.69 Å². The maximum absolute atomic E-state index is 6.24. The molecule has 1 unspecified atom stereocenters. The summed E-state index contributed by atoms with van der Waals surface area (Å²) in [5.41, 5.74) is 8.51. The quantitative estimate of drug-likeness (QED) is 0.939. The summed E-state index contributed by atoms with van der Waals surface area (Å²) in [5.74, 6) is 0. The Kier molecular flexibility index (Phi) is 3.95. The second-order valence-electron chi connectivity index (χ2n) is 4.46. The molecule has 1 heterocycles. The molecule has 0 bridgehead atoms. The third-order valence-corrected chi connectivity index (χ3v) is 3.41. The van der Waals surface area contributed by atoms with Crippen molar-refractivity contribution < 1.29 is 0 Å². The van der Waals surface area contributed by atoms with Crippen molar-refractivity contribution in [2.75, 3.05) is 0 Å². The van der Waals surface area contributed by atoms with E-state index in [1.54, 1.807) is 10.9 Å². The molecular weight excluding hydrogens is 269 g/mol. The predicted octanol–water partition coefficient (Wildman–Crippen LogP) is 3.38. The van der Waals surface area contributed by atoms with Crippen LogP contribution in [-0.2, 0) is 6.42 Å². The normalized spacial score (nSPS) is 12.7. The maximum atomic E-state index is 6.24. The van der Waals surface area contributed by atoms with E-state index < -0.39 is 0 Å².